The zero-order valence-corrected chi connectivity index (χ0v) is 9.13. The minimum Gasteiger partial charge on any atom is -0.303 e. The first-order chi connectivity index (χ1) is 7.92. The standard InChI is InChI=1S/C11H15N5/c1-2-7-15(8-3-1)14-10-5-9-16-11(13-10)4-6-12-16/h4-6,9H,1-3,7-8H2,(H,13,14). The lowest BCUT2D eigenvalue weighted by Crippen LogP contribution is -2.35. The molecule has 0 unspecified atom stereocenters. The second kappa shape index (κ2) is 4.09. The van der Waals surface area contributed by atoms with Crippen LogP contribution < -0.4 is 5.43 Å². The van der Waals surface area contributed by atoms with Crippen LogP contribution in [0.4, 0.5) is 5.82 Å². The summed E-state index contributed by atoms with van der Waals surface area (Å²) < 4.78 is 1.77. The summed E-state index contributed by atoms with van der Waals surface area (Å²) in [7, 11) is 0. The molecule has 3 rings (SSSR count). The van der Waals surface area contributed by atoms with Gasteiger partial charge in [0.2, 0.25) is 0 Å². The predicted molar refractivity (Wildman–Crippen MR) is 62.0 cm³/mol. The Hall–Kier alpha value is -1.62. The van der Waals surface area contributed by atoms with Crippen LogP contribution in [0.2, 0.25) is 0 Å². The van der Waals surface area contributed by atoms with Gasteiger partial charge >= 0.3 is 0 Å². The first kappa shape index (κ1) is 9.59. The molecule has 0 saturated carbocycles. The average Bonchev–Trinajstić information content (AvgIpc) is 2.77. The maximum Gasteiger partial charge on any atom is 0.157 e. The lowest BCUT2D eigenvalue weighted by molar-refractivity contribution is 0.272. The highest BCUT2D eigenvalue weighted by molar-refractivity contribution is 5.44. The molecule has 16 heavy (non-hydrogen) atoms. The Morgan fingerprint density at radius 3 is 2.88 bits per heavy atom. The first-order valence-electron chi connectivity index (χ1n) is 5.74. The highest BCUT2D eigenvalue weighted by Crippen LogP contribution is 2.11. The zero-order chi connectivity index (χ0) is 10.8. The van der Waals surface area contributed by atoms with Crippen LogP contribution in [0.3, 0.4) is 0 Å². The second-order valence-electron chi connectivity index (χ2n) is 4.11. The van der Waals surface area contributed by atoms with E-state index in [1.165, 1.54) is 19.3 Å². The van der Waals surface area contributed by atoms with Crippen LogP contribution in [-0.2, 0) is 0 Å². The van der Waals surface area contributed by atoms with Gasteiger partial charge in [0, 0.05) is 31.4 Å². The molecule has 0 atom stereocenters. The maximum absolute atomic E-state index is 4.48. The van der Waals surface area contributed by atoms with Gasteiger partial charge in [0.05, 0.1) is 6.20 Å². The zero-order valence-electron chi connectivity index (χ0n) is 9.13. The third-order valence-electron chi connectivity index (χ3n) is 2.89. The summed E-state index contributed by atoms with van der Waals surface area (Å²) in [6, 6.07) is 3.86. The third kappa shape index (κ3) is 1.86. The average molecular weight is 217 g/mol. The van der Waals surface area contributed by atoms with Crippen molar-refractivity contribution < 1.29 is 0 Å². The van der Waals surface area contributed by atoms with E-state index in [1.54, 1.807) is 10.7 Å². The van der Waals surface area contributed by atoms with Gasteiger partial charge in [-0.3, -0.25) is 0 Å². The van der Waals surface area contributed by atoms with Crippen LogP contribution in [0.25, 0.3) is 5.65 Å². The molecule has 5 heteroatoms. The van der Waals surface area contributed by atoms with Gasteiger partial charge in [0.15, 0.2) is 5.65 Å². The van der Waals surface area contributed by atoms with Gasteiger partial charge in [0.1, 0.15) is 5.82 Å². The fraction of sp³-hybridized carbons (Fsp3) is 0.455. The summed E-state index contributed by atoms with van der Waals surface area (Å²) in [4.78, 5) is 4.48. The summed E-state index contributed by atoms with van der Waals surface area (Å²) in [6.07, 6.45) is 7.55. The monoisotopic (exact) mass is 217 g/mol. The fourth-order valence-corrected chi connectivity index (χ4v) is 2.04. The van der Waals surface area contributed by atoms with Crippen molar-refractivity contribution in [2.24, 2.45) is 0 Å². The molecule has 2 aromatic heterocycles. The number of anilines is 1. The van der Waals surface area contributed by atoms with Crippen LogP contribution in [0.5, 0.6) is 0 Å². The van der Waals surface area contributed by atoms with E-state index in [0.29, 0.717) is 0 Å². The van der Waals surface area contributed by atoms with Crippen molar-refractivity contribution in [2.45, 2.75) is 19.3 Å². The van der Waals surface area contributed by atoms with E-state index in [0.717, 1.165) is 24.6 Å². The van der Waals surface area contributed by atoms with Crippen molar-refractivity contribution in [3.8, 4) is 0 Å². The number of piperidine rings is 1. The highest BCUT2D eigenvalue weighted by Gasteiger charge is 2.10. The number of rotatable bonds is 2. The van der Waals surface area contributed by atoms with Gasteiger partial charge in [0.25, 0.3) is 0 Å². The first-order valence-corrected chi connectivity index (χ1v) is 5.74. The van der Waals surface area contributed by atoms with E-state index in [4.69, 9.17) is 0 Å². The highest BCUT2D eigenvalue weighted by atomic mass is 15.5. The summed E-state index contributed by atoms with van der Waals surface area (Å²) in [6.45, 7) is 2.21. The number of hydrazine groups is 1. The Balaban J connectivity index is 1.77. The third-order valence-corrected chi connectivity index (χ3v) is 2.89. The Labute approximate surface area is 94.1 Å². The molecule has 0 spiro atoms. The van der Waals surface area contributed by atoms with Gasteiger partial charge in [-0.1, -0.05) is 6.42 Å². The molecular weight excluding hydrogens is 202 g/mol. The minimum absolute atomic E-state index is 0.877. The Bertz CT molecular complexity index is 472. The number of aromatic nitrogens is 3. The van der Waals surface area contributed by atoms with Gasteiger partial charge in [-0.2, -0.15) is 5.10 Å². The van der Waals surface area contributed by atoms with Crippen molar-refractivity contribution in [3.63, 3.8) is 0 Å². The number of nitrogens with one attached hydrogen (secondary N) is 1. The van der Waals surface area contributed by atoms with Crippen LogP contribution in [0.1, 0.15) is 19.3 Å². The maximum atomic E-state index is 4.48. The molecule has 5 nitrogen and oxygen atoms in total. The van der Waals surface area contributed by atoms with Gasteiger partial charge in [-0.05, 0) is 12.8 Å². The van der Waals surface area contributed by atoms with Crippen molar-refractivity contribution >= 4 is 11.5 Å². The van der Waals surface area contributed by atoms with Gasteiger partial charge < -0.3 is 5.43 Å². The topological polar surface area (TPSA) is 45.5 Å². The molecule has 0 amide bonds. The summed E-state index contributed by atoms with van der Waals surface area (Å²) in [5.74, 6) is 0.898. The molecule has 0 radical (unpaired) electrons. The Morgan fingerprint density at radius 2 is 2.00 bits per heavy atom. The fourth-order valence-electron chi connectivity index (χ4n) is 2.04. The Morgan fingerprint density at radius 1 is 1.12 bits per heavy atom. The van der Waals surface area contributed by atoms with Crippen LogP contribution in [0.15, 0.2) is 24.5 Å². The Kier molecular flexibility index (Phi) is 2.46. The largest absolute Gasteiger partial charge is 0.303 e. The molecule has 2 aromatic rings. The quantitative estimate of drug-likeness (QED) is 0.829. The summed E-state index contributed by atoms with van der Waals surface area (Å²) >= 11 is 0. The number of hydrogen-bond donors (Lipinski definition) is 1. The van der Waals surface area contributed by atoms with Crippen molar-refractivity contribution in [3.05, 3.63) is 24.5 Å². The lowest BCUT2D eigenvalue weighted by Gasteiger charge is -2.27. The van der Waals surface area contributed by atoms with Crippen LogP contribution in [0, 0.1) is 0 Å². The summed E-state index contributed by atoms with van der Waals surface area (Å²) in [5.41, 5.74) is 4.22. The van der Waals surface area contributed by atoms with E-state index in [1.807, 2.05) is 18.3 Å². The van der Waals surface area contributed by atoms with Crippen LogP contribution in [-0.4, -0.2) is 32.7 Å². The molecule has 1 fully saturated rings. The minimum atomic E-state index is 0.877. The SMILES string of the molecule is c1cc2nc(NN3CCCCC3)ccn2n1. The molecule has 0 aromatic carbocycles. The van der Waals surface area contributed by atoms with E-state index in [9.17, 15) is 0 Å². The number of nitrogens with zero attached hydrogens (tertiary/aromatic N) is 4. The smallest absolute Gasteiger partial charge is 0.157 e. The van der Waals surface area contributed by atoms with E-state index >= 15 is 0 Å². The predicted octanol–water partition coefficient (Wildman–Crippen LogP) is 1.54. The number of hydrogen-bond acceptors (Lipinski definition) is 4. The van der Waals surface area contributed by atoms with Crippen LogP contribution >= 0.6 is 0 Å². The molecule has 1 saturated heterocycles. The van der Waals surface area contributed by atoms with E-state index in [-0.39, 0.29) is 0 Å². The summed E-state index contributed by atoms with van der Waals surface area (Å²) in [5, 5.41) is 6.35. The van der Waals surface area contributed by atoms with Gasteiger partial charge in [-0.15, -0.1) is 0 Å². The molecule has 0 bridgehead atoms. The normalized spacial score (nSPS) is 17.8. The molecule has 1 N–H and O–H groups in total. The molecule has 84 valence electrons. The van der Waals surface area contributed by atoms with Crippen molar-refractivity contribution in [2.75, 3.05) is 18.5 Å². The van der Waals surface area contributed by atoms with Crippen molar-refractivity contribution in [1.82, 2.24) is 19.6 Å². The second-order valence-corrected chi connectivity index (χ2v) is 4.11. The molecule has 1 aliphatic rings. The molecule has 0 aliphatic carbocycles. The van der Waals surface area contributed by atoms with Crippen molar-refractivity contribution in [1.29, 1.82) is 0 Å². The lowest BCUT2D eigenvalue weighted by atomic mass is 10.2. The van der Waals surface area contributed by atoms with E-state index < -0.39 is 0 Å². The van der Waals surface area contributed by atoms with E-state index in [2.05, 4.69) is 20.5 Å². The number of fused-ring (bicyclic) bond motifs is 1. The van der Waals surface area contributed by atoms with Gasteiger partial charge in [-0.25, -0.2) is 14.5 Å². The molecule has 1 aliphatic heterocycles. The molecule has 3 heterocycles. The molecular formula is C11H15N5.